The van der Waals surface area contributed by atoms with Crippen molar-refractivity contribution in [3.63, 3.8) is 0 Å². The largest absolute Gasteiger partial charge is 0.478 e. The van der Waals surface area contributed by atoms with Gasteiger partial charge in [-0.05, 0) is 59.6 Å². The van der Waals surface area contributed by atoms with Gasteiger partial charge in [-0.25, -0.2) is 4.79 Å². The third kappa shape index (κ3) is 3.15. The number of carboxylic acids is 1. The minimum Gasteiger partial charge on any atom is -0.478 e. The Morgan fingerprint density at radius 3 is 2.47 bits per heavy atom. The summed E-state index contributed by atoms with van der Waals surface area (Å²) in [6, 6.07) is 10.7. The highest BCUT2D eigenvalue weighted by molar-refractivity contribution is 9.10. The Balaban J connectivity index is 2.29. The van der Waals surface area contributed by atoms with E-state index in [0.29, 0.717) is 10.2 Å². The van der Waals surface area contributed by atoms with Crippen LogP contribution in [0, 0.1) is 13.8 Å². The van der Waals surface area contributed by atoms with E-state index in [-0.39, 0.29) is 5.56 Å². The number of hydrogen-bond donors (Lipinski definition) is 1. The minimum atomic E-state index is -0.968. The number of rotatable bonds is 3. The van der Waals surface area contributed by atoms with Crippen molar-refractivity contribution in [1.29, 1.82) is 0 Å². The summed E-state index contributed by atoms with van der Waals surface area (Å²) in [5.41, 5.74) is 2.43. The molecular weight excluding hydrogens is 308 g/mol. The molecule has 0 unspecified atom stereocenters. The summed E-state index contributed by atoms with van der Waals surface area (Å²) in [6.45, 7) is 4.00. The van der Waals surface area contributed by atoms with Gasteiger partial charge in [0.1, 0.15) is 11.5 Å². The summed E-state index contributed by atoms with van der Waals surface area (Å²) in [5.74, 6) is 0.398. The second kappa shape index (κ2) is 5.45. The Labute approximate surface area is 120 Å². The Bertz CT molecular complexity index is 635. The monoisotopic (exact) mass is 320 g/mol. The second-order valence-corrected chi connectivity index (χ2v) is 5.17. The molecule has 0 atom stereocenters. The normalized spacial score (nSPS) is 10.3. The zero-order chi connectivity index (χ0) is 14.0. The van der Waals surface area contributed by atoms with Crippen molar-refractivity contribution < 1.29 is 14.6 Å². The molecule has 0 bridgehead atoms. The van der Waals surface area contributed by atoms with Gasteiger partial charge < -0.3 is 9.84 Å². The Morgan fingerprint density at radius 2 is 1.89 bits per heavy atom. The van der Waals surface area contributed by atoms with Crippen LogP contribution in [0.5, 0.6) is 11.5 Å². The van der Waals surface area contributed by atoms with Gasteiger partial charge in [-0.1, -0.05) is 17.7 Å². The van der Waals surface area contributed by atoms with Crippen molar-refractivity contribution in [2.75, 3.05) is 0 Å². The van der Waals surface area contributed by atoms with Gasteiger partial charge in [0, 0.05) is 4.47 Å². The van der Waals surface area contributed by atoms with Gasteiger partial charge in [0.05, 0.1) is 5.56 Å². The fourth-order valence-electron chi connectivity index (χ4n) is 1.77. The van der Waals surface area contributed by atoms with Crippen LogP contribution in [0.4, 0.5) is 0 Å². The van der Waals surface area contributed by atoms with E-state index in [2.05, 4.69) is 15.9 Å². The molecule has 0 amide bonds. The molecule has 0 radical (unpaired) electrons. The lowest BCUT2D eigenvalue weighted by atomic mass is 10.1. The smallest absolute Gasteiger partial charge is 0.336 e. The number of hydrogen-bond acceptors (Lipinski definition) is 2. The van der Waals surface area contributed by atoms with Crippen LogP contribution in [-0.2, 0) is 0 Å². The molecule has 0 aliphatic heterocycles. The van der Waals surface area contributed by atoms with Crippen LogP contribution in [-0.4, -0.2) is 11.1 Å². The van der Waals surface area contributed by atoms with Crippen molar-refractivity contribution in [3.05, 3.63) is 57.6 Å². The average Bonchev–Trinajstić information content (AvgIpc) is 2.32. The molecule has 2 aromatic rings. The van der Waals surface area contributed by atoms with Crippen LogP contribution in [0.1, 0.15) is 21.5 Å². The maximum absolute atomic E-state index is 10.9. The maximum atomic E-state index is 10.9. The quantitative estimate of drug-likeness (QED) is 0.902. The summed E-state index contributed by atoms with van der Waals surface area (Å²) in [6.07, 6.45) is 0. The second-order valence-electron chi connectivity index (χ2n) is 4.32. The Hall–Kier alpha value is -1.81. The lowest BCUT2D eigenvalue weighted by molar-refractivity contribution is 0.0696. The summed E-state index contributed by atoms with van der Waals surface area (Å²) >= 11 is 3.23. The van der Waals surface area contributed by atoms with Crippen molar-refractivity contribution in [1.82, 2.24) is 0 Å². The van der Waals surface area contributed by atoms with E-state index in [0.717, 1.165) is 11.3 Å². The highest BCUT2D eigenvalue weighted by Gasteiger charge is 2.10. The molecule has 0 heterocycles. The molecule has 0 saturated heterocycles. The zero-order valence-electron chi connectivity index (χ0n) is 10.6. The fraction of sp³-hybridized carbons (Fsp3) is 0.133. The number of aromatic carboxylic acids is 1. The predicted molar refractivity (Wildman–Crippen MR) is 77.1 cm³/mol. The topological polar surface area (TPSA) is 46.5 Å². The lowest BCUT2D eigenvalue weighted by Crippen LogP contribution is -1.97. The highest BCUT2D eigenvalue weighted by atomic mass is 79.9. The Morgan fingerprint density at radius 1 is 1.16 bits per heavy atom. The third-order valence-electron chi connectivity index (χ3n) is 2.73. The highest BCUT2D eigenvalue weighted by Crippen LogP contribution is 2.29. The van der Waals surface area contributed by atoms with Crippen LogP contribution >= 0.6 is 15.9 Å². The average molecular weight is 321 g/mol. The molecule has 1 N–H and O–H groups in total. The van der Waals surface area contributed by atoms with E-state index in [1.165, 1.54) is 11.6 Å². The van der Waals surface area contributed by atoms with E-state index in [1.54, 1.807) is 12.1 Å². The van der Waals surface area contributed by atoms with Gasteiger partial charge in [-0.3, -0.25) is 0 Å². The predicted octanol–water partition coefficient (Wildman–Crippen LogP) is 4.56. The molecule has 0 spiro atoms. The number of halogens is 1. The standard InChI is InChI=1S/C15H13BrO3/c1-9-3-6-14(10(2)7-9)19-11-4-5-12(15(17)18)13(16)8-11/h3-8H,1-2H3,(H,17,18). The first-order valence-electron chi connectivity index (χ1n) is 5.75. The SMILES string of the molecule is Cc1ccc(Oc2ccc(C(=O)O)c(Br)c2)c(C)c1. The van der Waals surface area contributed by atoms with Gasteiger partial charge >= 0.3 is 5.97 Å². The van der Waals surface area contributed by atoms with Crippen molar-refractivity contribution >= 4 is 21.9 Å². The molecule has 0 aliphatic rings. The van der Waals surface area contributed by atoms with Crippen molar-refractivity contribution in [2.24, 2.45) is 0 Å². The first kappa shape index (κ1) is 13.6. The molecule has 19 heavy (non-hydrogen) atoms. The summed E-state index contributed by atoms with van der Waals surface area (Å²) < 4.78 is 6.26. The first-order valence-corrected chi connectivity index (χ1v) is 6.54. The van der Waals surface area contributed by atoms with Gasteiger partial charge in [0.2, 0.25) is 0 Å². The first-order chi connectivity index (χ1) is 8.97. The molecule has 98 valence electrons. The van der Waals surface area contributed by atoms with Gasteiger partial charge in [0.25, 0.3) is 0 Å². The molecule has 0 saturated carbocycles. The van der Waals surface area contributed by atoms with Crippen molar-refractivity contribution in [2.45, 2.75) is 13.8 Å². The number of ether oxygens (including phenoxy) is 1. The van der Waals surface area contributed by atoms with Crippen LogP contribution in [0.3, 0.4) is 0 Å². The molecule has 0 fully saturated rings. The van der Waals surface area contributed by atoms with Crippen molar-refractivity contribution in [3.8, 4) is 11.5 Å². The van der Waals surface area contributed by atoms with Crippen LogP contribution in [0.25, 0.3) is 0 Å². The zero-order valence-corrected chi connectivity index (χ0v) is 12.2. The van der Waals surface area contributed by atoms with E-state index in [4.69, 9.17) is 9.84 Å². The number of aryl methyl sites for hydroxylation is 2. The van der Waals surface area contributed by atoms with Gasteiger partial charge in [-0.2, -0.15) is 0 Å². The molecule has 4 heteroatoms. The van der Waals surface area contributed by atoms with Crippen LogP contribution in [0.2, 0.25) is 0 Å². The van der Waals surface area contributed by atoms with E-state index in [9.17, 15) is 4.79 Å². The van der Waals surface area contributed by atoms with E-state index < -0.39 is 5.97 Å². The number of carbonyl (C=O) groups is 1. The summed E-state index contributed by atoms with van der Waals surface area (Å²) in [5, 5.41) is 8.95. The van der Waals surface area contributed by atoms with E-state index >= 15 is 0 Å². The molecular formula is C15H13BrO3. The van der Waals surface area contributed by atoms with Crippen LogP contribution < -0.4 is 4.74 Å². The van der Waals surface area contributed by atoms with Crippen LogP contribution in [0.15, 0.2) is 40.9 Å². The molecule has 0 aromatic heterocycles. The molecule has 3 nitrogen and oxygen atoms in total. The molecule has 2 rings (SSSR count). The number of benzene rings is 2. The van der Waals surface area contributed by atoms with Gasteiger partial charge in [0.15, 0.2) is 0 Å². The molecule has 0 aliphatic carbocycles. The molecule has 2 aromatic carbocycles. The Kier molecular flexibility index (Phi) is 3.90. The van der Waals surface area contributed by atoms with Gasteiger partial charge in [-0.15, -0.1) is 0 Å². The third-order valence-corrected chi connectivity index (χ3v) is 3.39. The fourth-order valence-corrected chi connectivity index (χ4v) is 2.30. The summed E-state index contributed by atoms with van der Waals surface area (Å²) in [4.78, 5) is 10.9. The van der Waals surface area contributed by atoms with E-state index in [1.807, 2.05) is 32.0 Å². The minimum absolute atomic E-state index is 0.216. The lowest BCUT2D eigenvalue weighted by Gasteiger charge is -2.10. The maximum Gasteiger partial charge on any atom is 0.336 e. The summed E-state index contributed by atoms with van der Waals surface area (Å²) in [7, 11) is 0. The number of carboxylic acid groups (broad SMARTS) is 1.